The van der Waals surface area contributed by atoms with Gasteiger partial charge in [-0.15, -0.1) is 0 Å². The molecule has 2 aliphatic rings. The molecule has 0 aliphatic carbocycles. The standard InChI is InChI=1S/C26H31FN2O4/c1-6-15-9-16(10-18-23(15)33-14-26(18,4)5)19(30)13-29-12-17-11-20(31-7-2)24(32-8-3)22(27)21(17)25(29)28/h9-11,28H,6-8,12-14H2,1-5H3. The van der Waals surface area contributed by atoms with Crippen molar-refractivity contribution >= 4 is 11.6 Å². The first-order chi connectivity index (χ1) is 15.7. The molecule has 1 N–H and O–H groups in total. The number of nitrogens with zero attached hydrogens (tertiary/aromatic N) is 1. The zero-order chi connectivity index (χ0) is 23.9. The van der Waals surface area contributed by atoms with Crippen LogP contribution >= 0.6 is 0 Å². The molecule has 0 aromatic heterocycles. The van der Waals surface area contributed by atoms with E-state index in [-0.39, 0.29) is 48.0 Å². The normalized spacial score (nSPS) is 15.8. The fourth-order valence-corrected chi connectivity index (χ4v) is 4.54. The van der Waals surface area contributed by atoms with Crippen molar-refractivity contribution in [1.29, 1.82) is 5.41 Å². The molecular weight excluding hydrogens is 423 g/mol. The molecule has 0 radical (unpaired) electrons. The molecule has 2 aromatic rings. The molecular formula is C26H31FN2O4. The van der Waals surface area contributed by atoms with Gasteiger partial charge in [0.25, 0.3) is 0 Å². The number of carbonyl (C=O) groups excluding carboxylic acids is 1. The molecule has 2 heterocycles. The van der Waals surface area contributed by atoms with Crippen LogP contribution < -0.4 is 14.2 Å². The van der Waals surface area contributed by atoms with Crippen LogP contribution in [0, 0.1) is 11.2 Å². The van der Waals surface area contributed by atoms with Gasteiger partial charge in [-0.2, -0.15) is 0 Å². The largest absolute Gasteiger partial charge is 0.492 e. The molecule has 33 heavy (non-hydrogen) atoms. The summed E-state index contributed by atoms with van der Waals surface area (Å²) in [4.78, 5) is 14.9. The Kier molecular flexibility index (Phi) is 6.08. The maximum atomic E-state index is 15.3. The highest BCUT2D eigenvalue weighted by Gasteiger charge is 2.36. The van der Waals surface area contributed by atoms with Crippen LogP contribution in [0.1, 0.15) is 67.2 Å². The zero-order valence-electron chi connectivity index (χ0n) is 19.9. The molecule has 0 unspecified atom stereocenters. The quantitative estimate of drug-likeness (QED) is 0.576. The van der Waals surface area contributed by atoms with Gasteiger partial charge in [-0.25, -0.2) is 4.39 Å². The monoisotopic (exact) mass is 454 g/mol. The molecule has 0 saturated carbocycles. The second-order valence-electron chi connectivity index (χ2n) is 9.08. The lowest BCUT2D eigenvalue weighted by molar-refractivity contribution is 0.0962. The summed E-state index contributed by atoms with van der Waals surface area (Å²) in [5, 5.41) is 8.57. The van der Waals surface area contributed by atoms with Crippen molar-refractivity contribution in [3.05, 3.63) is 51.8 Å². The molecule has 0 fully saturated rings. The Balaban J connectivity index is 1.62. The highest BCUT2D eigenvalue weighted by atomic mass is 19.1. The van der Waals surface area contributed by atoms with Gasteiger partial charge in [0.1, 0.15) is 11.6 Å². The van der Waals surface area contributed by atoms with Crippen LogP contribution in [-0.4, -0.2) is 42.9 Å². The van der Waals surface area contributed by atoms with Gasteiger partial charge in [0.05, 0.1) is 31.9 Å². The van der Waals surface area contributed by atoms with Crippen molar-refractivity contribution in [3.63, 3.8) is 0 Å². The fourth-order valence-electron chi connectivity index (χ4n) is 4.54. The molecule has 6 nitrogen and oxygen atoms in total. The minimum atomic E-state index is -0.609. The average Bonchev–Trinajstić information content (AvgIpc) is 3.26. The number of benzene rings is 2. The maximum absolute atomic E-state index is 15.3. The van der Waals surface area contributed by atoms with Gasteiger partial charge in [-0.05, 0) is 49.6 Å². The van der Waals surface area contributed by atoms with Crippen LogP contribution in [0.3, 0.4) is 0 Å². The number of rotatable bonds is 8. The highest BCUT2D eigenvalue weighted by molar-refractivity contribution is 6.06. The van der Waals surface area contributed by atoms with E-state index >= 15 is 4.39 Å². The Labute approximate surface area is 194 Å². The smallest absolute Gasteiger partial charge is 0.197 e. The summed E-state index contributed by atoms with van der Waals surface area (Å²) in [6.45, 7) is 11.3. The van der Waals surface area contributed by atoms with E-state index in [1.807, 2.05) is 26.0 Å². The molecule has 7 heteroatoms. The molecule has 0 bridgehead atoms. The summed E-state index contributed by atoms with van der Waals surface area (Å²) in [5.74, 6) is 0.495. The first-order valence-corrected chi connectivity index (χ1v) is 11.5. The van der Waals surface area contributed by atoms with E-state index in [4.69, 9.17) is 19.6 Å². The number of ketones is 1. The predicted molar refractivity (Wildman–Crippen MR) is 125 cm³/mol. The number of halogens is 1. The van der Waals surface area contributed by atoms with E-state index in [0.29, 0.717) is 30.1 Å². The molecule has 2 aliphatic heterocycles. The molecule has 0 spiro atoms. The Hall–Kier alpha value is -3.09. The second kappa shape index (κ2) is 8.69. The van der Waals surface area contributed by atoms with Gasteiger partial charge in [0.2, 0.25) is 0 Å². The van der Waals surface area contributed by atoms with Crippen molar-refractivity contribution in [2.24, 2.45) is 0 Å². The van der Waals surface area contributed by atoms with Crippen molar-refractivity contribution < 1.29 is 23.4 Å². The maximum Gasteiger partial charge on any atom is 0.197 e. The number of fused-ring (bicyclic) bond motifs is 2. The van der Waals surface area contributed by atoms with Gasteiger partial charge in [0, 0.05) is 23.1 Å². The van der Waals surface area contributed by atoms with Crippen LogP contribution in [-0.2, 0) is 18.4 Å². The number of aryl methyl sites for hydroxylation is 1. The Morgan fingerprint density at radius 1 is 1.18 bits per heavy atom. The van der Waals surface area contributed by atoms with Crippen molar-refractivity contribution in [2.75, 3.05) is 26.4 Å². The minimum Gasteiger partial charge on any atom is -0.492 e. The summed E-state index contributed by atoms with van der Waals surface area (Å²) >= 11 is 0. The third-order valence-electron chi connectivity index (χ3n) is 6.28. The van der Waals surface area contributed by atoms with E-state index in [1.165, 1.54) is 0 Å². The topological polar surface area (TPSA) is 71.9 Å². The number of hydrogen-bond donors (Lipinski definition) is 1. The summed E-state index contributed by atoms with van der Waals surface area (Å²) in [7, 11) is 0. The lowest BCUT2D eigenvalue weighted by Gasteiger charge is -2.19. The predicted octanol–water partition coefficient (Wildman–Crippen LogP) is 4.88. The van der Waals surface area contributed by atoms with Crippen molar-refractivity contribution in [3.8, 4) is 17.2 Å². The van der Waals surface area contributed by atoms with Gasteiger partial charge >= 0.3 is 0 Å². The van der Waals surface area contributed by atoms with Gasteiger partial charge in [-0.3, -0.25) is 10.2 Å². The van der Waals surface area contributed by atoms with Crippen LogP contribution in [0.25, 0.3) is 0 Å². The summed E-state index contributed by atoms with van der Waals surface area (Å²) in [6, 6.07) is 5.52. The highest BCUT2D eigenvalue weighted by Crippen LogP contribution is 2.42. The lowest BCUT2D eigenvalue weighted by Crippen LogP contribution is -2.30. The summed E-state index contributed by atoms with van der Waals surface area (Å²) < 4.78 is 32.3. The second-order valence-corrected chi connectivity index (χ2v) is 9.08. The minimum absolute atomic E-state index is 0.00981. The molecule has 176 valence electrons. The number of ether oxygens (including phenoxy) is 3. The molecule has 0 amide bonds. The third kappa shape index (κ3) is 3.94. The number of amidine groups is 1. The number of Topliss-reactive ketones (excluding diaryl/α,β-unsaturated/α-hetero) is 1. The SMILES string of the molecule is CCOc1cc2c(c(F)c1OCC)C(=N)N(CC(=O)c1cc(CC)c3c(c1)C(C)(C)CO3)C2. The molecule has 4 rings (SSSR count). The van der Waals surface area contributed by atoms with Gasteiger partial charge < -0.3 is 19.1 Å². The number of nitrogens with one attached hydrogen (secondary N) is 1. The van der Waals surface area contributed by atoms with Crippen molar-refractivity contribution in [2.45, 2.75) is 53.0 Å². The van der Waals surface area contributed by atoms with Crippen LogP contribution in [0.5, 0.6) is 17.2 Å². The first kappa shape index (κ1) is 23.1. The van der Waals surface area contributed by atoms with Crippen LogP contribution in [0.4, 0.5) is 4.39 Å². The Bertz CT molecular complexity index is 1130. The molecule has 0 atom stereocenters. The Morgan fingerprint density at radius 2 is 1.91 bits per heavy atom. The molecule has 0 saturated heterocycles. The number of carbonyl (C=O) groups is 1. The average molecular weight is 455 g/mol. The van der Waals surface area contributed by atoms with E-state index < -0.39 is 5.82 Å². The van der Waals surface area contributed by atoms with E-state index in [2.05, 4.69) is 13.8 Å². The van der Waals surface area contributed by atoms with E-state index in [1.54, 1.807) is 17.9 Å². The van der Waals surface area contributed by atoms with Crippen LogP contribution in [0.15, 0.2) is 18.2 Å². The van der Waals surface area contributed by atoms with E-state index in [0.717, 1.165) is 23.3 Å². The van der Waals surface area contributed by atoms with Crippen LogP contribution in [0.2, 0.25) is 0 Å². The summed E-state index contributed by atoms with van der Waals surface area (Å²) in [5.41, 5.74) is 3.27. The third-order valence-corrected chi connectivity index (χ3v) is 6.28. The van der Waals surface area contributed by atoms with Gasteiger partial charge in [0.15, 0.2) is 23.1 Å². The number of hydrogen-bond acceptors (Lipinski definition) is 5. The Morgan fingerprint density at radius 3 is 2.58 bits per heavy atom. The fraction of sp³-hybridized carbons (Fsp3) is 0.462. The lowest BCUT2D eigenvalue weighted by atomic mass is 9.84. The van der Waals surface area contributed by atoms with Crippen molar-refractivity contribution in [1.82, 2.24) is 4.90 Å². The molecule has 2 aromatic carbocycles. The first-order valence-electron chi connectivity index (χ1n) is 11.5. The van der Waals surface area contributed by atoms with Gasteiger partial charge in [-0.1, -0.05) is 20.8 Å². The summed E-state index contributed by atoms with van der Waals surface area (Å²) in [6.07, 6.45) is 0.760. The van der Waals surface area contributed by atoms with E-state index in [9.17, 15) is 4.79 Å². The zero-order valence-corrected chi connectivity index (χ0v) is 19.9.